The summed E-state index contributed by atoms with van der Waals surface area (Å²) in [6.45, 7) is 1.49. The fraction of sp³-hybridized carbons (Fsp3) is 0.333. The van der Waals surface area contributed by atoms with E-state index < -0.39 is 0 Å². The van der Waals surface area contributed by atoms with E-state index in [1.807, 2.05) is 17.5 Å². The number of anilines is 2. The van der Waals surface area contributed by atoms with Crippen LogP contribution in [0.4, 0.5) is 10.8 Å². The van der Waals surface area contributed by atoms with Crippen LogP contribution in [0.5, 0.6) is 0 Å². The summed E-state index contributed by atoms with van der Waals surface area (Å²) < 4.78 is 0. The number of carbonyl (C=O) groups excluding carboxylic acids is 1. The van der Waals surface area contributed by atoms with Gasteiger partial charge in [-0.15, -0.1) is 11.3 Å². The molecular formula is C15H18N4OS. The first-order valence-electron chi connectivity index (χ1n) is 7.08. The Bertz CT molecular complexity index is 653. The van der Waals surface area contributed by atoms with Crippen LogP contribution in [0, 0.1) is 0 Å². The lowest BCUT2D eigenvalue weighted by Gasteiger charge is -2.20. The lowest BCUT2D eigenvalue weighted by molar-refractivity contribution is 0.0954. The SMILES string of the molecule is Nc1nc(CCNC(=O)c2cccc3c2NCCC3)cs1. The van der Waals surface area contributed by atoms with Gasteiger partial charge in [-0.25, -0.2) is 4.98 Å². The summed E-state index contributed by atoms with van der Waals surface area (Å²) in [6.07, 6.45) is 2.84. The van der Waals surface area contributed by atoms with Gasteiger partial charge >= 0.3 is 0 Å². The van der Waals surface area contributed by atoms with Crippen molar-refractivity contribution in [1.82, 2.24) is 10.3 Å². The van der Waals surface area contributed by atoms with Crippen LogP contribution in [0.3, 0.4) is 0 Å². The molecule has 5 nitrogen and oxygen atoms in total. The molecule has 4 N–H and O–H groups in total. The van der Waals surface area contributed by atoms with Gasteiger partial charge in [0.15, 0.2) is 5.13 Å². The topological polar surface area (TPSA) is 80.0 Å². The van der Waals surface area contributed by atoms with Crippen molar-refractivity contribution in [3.05, 3.63) is 40.4 Å². The number of hydrogen-bond donors (Lipinski definition) is 3. The van der Waals surface area contributed by atoms with Gasteiger partial charge in [0, 0.05) is 24.9 Å². The number of nitrogens with one attached hydrogen (secondary N) is 2. The van der Waals surface area contributed by atoms with E-state index in [0.717, 1.165) is 36.3 Å². The molecule has 0 bridgehead atoms. The summed E-state index contributed by atoms with van der Waals surface area (Å²) in [6, 6.07) is 5.89. The molecule has 0 fully saturated rings. The molecule has 6 heteroatoms. The van der Waals surface area contributed by atoms with Crippen LogP contribution in [0.15, 0.2) is 23.6 Å². The second-order valence-electron chi connectivity index (χ2n) is 5.05. The molecule has 2 heterocycles. The van der Waals surface area contributed by atoms with Crippen LogP contribution < -0.4 is 16.4 Å². The van der Waals surface area contributed by atoms with Crippen LogP contribution in [-0.4, -0.2) is 24.0 Å². The number of rotatable bonds is 4. The maximum absolute atomic E-state index is 12.3. The van der Waals surface area contributed by atoms with Crippen molar-refractivity contribution in [2.45, 2.75) is 19.3 Å². The number of nitrogens with zero attached hydrogens (tertiary/aromatic N) is 1. The highest BCUT2D eigenvalue weighted by molar-refractivity contribution is 7.13. The molecule has 0 saturated heterocycles. The predicted octanol–water partition coefficient (Wildman–Crippen LogP) is 2.06. The quantitative estimate of drug-likeness (QED) is 0.807. The van der Waals surface area contributed by atoms with E-state index >= 15 is 0 Å². The lowest BCUT2D eigenvalue weighted by atomic mass is 9.99. The molecule has 1 amide bonds. The predicted molar refractivity (Wildman–Crippen MR) is 85.8 cm³/mol. The first-order chi connectivity index (χ1) is 10.2. The zero-order valence-corrected chi connectivity index (χ0v) is 12.5. The molecule has 110 valence electrons. The van der Waals surface area contributed by atoms with Crippen LogP contribution >= 0.6 is 11.3 Å². The molecule has 1 aromatic carbocycles. The lowest BCUT2D eigenvalue weighted by Crippen LogP contribution is -2.27. The Morgan fingerprint density at radius 1 is 1.48 bits per heavy atom. The van der Waals surface area contributed by atoms with E-state index in [1.54, 1.807) is 0 Å². The smallest absolute Gasteiger partial charge is 0.253 e. The van der Waals surface area contributed by atoms with E-state index in [4.69, 9.17) is 5.73 Å². The fourth-order valence-corrected chi connectivity index (χ4v) is 3.13. The minimum absolute atomic E-state index is 0.0375. The van der Waals surface area contributed by atoms with Gasteiger partial charge in [-0.2, -0.15) is 0 Å². The van der Waals surface area contributed by atoms with E-state index in [9.17, 15) is 4.79 Å². The molecule has 1 aliphatic heterocycles. The molecule has 3 rings (SSSR count). The zero-order valence-electron chi connectivity index (χ0n) is 11.7. The highest BCUT2D eigenvalue weighted by atomic mass is 32.1. The second kappa shape index (κ2) is 6.13. The number of benzene rings is 1. The van der Waals surface area contributed by atoms with E-state index in [2.05, 4.69) is 21.7 Å². The molecular weight excluding hydrogens is 284 g/mol. The third kappa shape index (κ3) is 3.16. The number of thiazole rings is 1. The van der Waals surface area contributed by atoms with Gasteiger partial charge in [0.25, 0.3) is 5.91 Å². The van der Waals surface area contributed by atoms with Crippen molar-refractivity contribution in [3.63, 3.8) is 0 Å². The molecule has 0 aliphatic carbocycles. The van der Waals surface area contributed by atoms with Gasteiger partial charge in [-0.3, -0.25) is 4.79 Å². The average molecular weight is 302 g/mol. The maximum Gasteiger partial charge on any atom is 0.253 e. The van der Waals surface area contributed by atoms with Gasteiger partial charge in [0.1, 0.15) is 0 Å². The maximum atomic E-state index is 12.3. The summed E-state index contributed by atoms with van der Waals surface area (Å²) in [5.41, 5.74) is 9.45. The summed E-state index contributed by atoms with van der Waals surface area (Å²) >= 11 is 1.42. The summed E-state index contributed by atoms with van der Waals surface area (Å²) in [7, 11) is 0. The largest absolute Gasteiger partial charge is 0.384 e. The van der Waals surface area contributed by atoms with Crippen molar-refractivity contribution < 1.29 is 4.79 Å². The summed E-state index contributed by atoms with van der Waals surface area (Å²) in [5, 5.41) is 8.78. The molecule has 0 saturated carbocycles. The molecule has 1 aliphatic rings. The van der Waals surface area contributed by atoms with Gasteiger partial charge in [-0.05, 0) is 24.5 Å². The number of nitrogen functional groups attached to an aromatic ring is 1. The van der Waals surface area contributed by atoms with Gasteiger partial charge in [-0.1, -0.05) is 12.1 Å². The summed E-state index contributed by atoms with van der Waals surface area (Å²) in [4.78, 5) is 16.5. The number of nitrogens with two attached hydrogens (primary N) is 1. The minimum Gasteiger partial charge on any atom is -0.384 e. The van der Waals surface area contributed by atoms with E-state index in [0.29, 0.717) is 18.1 Å². The van der Waals surface area contributed by atoms with Crippen molar-refractivity contribution >= 4 is 28.1 Å². The highest BCUT2D eigenvalue weighted by Crippen LogP contribution is 2.25. The van der Waals surface area contributed by atoms with Gasteiger partial charge in [0.05, 0.1) is 16.9 Å². The molecule has 21 heavy (non-hydrogen) atoms. The van der Waals surface area contributed by atoms with Crippen LogP contribution in [0.1, 0.15) is 28.0 Å². The number of amides is 1. The number of carbonyl (C=O) groups is 1. The molecule has 2 aromatic rings. The number of hydrogen-bond acceptors (Lipinski definition) is 5. The first-order valence-corrected chi connectivity index (χ1v) is 7.96. The van der Waals surface area contributed by atoms with Crippen molar-refractivity contribution in [1.29, 1.82) is 0 Å². The number of aryl methyl sites for hydroxylation is 1. The minimum atomic E-state index is -0.0375. The Labute approximate surface area is 127 Å². The van der Waals surface area contributed by atoms with Crippen LogP contribution in [0.25, 0.3) is 0 Å². The number of aromatic nitrogens is 1. The molecule has 1 aromatic heterocycles. The van der Waals surface area contributed by atoms with E-state index in [1.165, 1.54) is 16.9 Å². The number of para-hydroxylation sites is 1. The summed E-state index contributed by atoms with van der Waals surface area (Å²) in [5.74, 6) is -0.0375. The van der Waals surface area contributed by atoms with Gasteiger partial charge in [0.2, 0.25) is 0 Å². The van der Waals surface area contributed by atoms with Gasteiger partial charge < -0.3 is 16.4 Å². The number of fused-ring (bicyclic) bond motifs is 1. The normalized spacial score (nSPS) is 13.3. The second-order valence-corrected chi connectivity index (χ2v) is 5.94. The molecule has 0 spiro atoms. The van der Waals surface area contributed by atoms with Crippen molar-refractivity contribution in [3.8, 4) is 0 Å². The Balaban J connectivity index is 1.63. The third-order valence-electron chi connectivity index (χ3n) is 3.56. The Hall–Kier alpha value is -2.08. The van der Waals surface area contributed by atoms with E-state index in [-0.39, 0.29) is 5.91 Å². The van der Waals surface area contributed by atoms with Crippen molar-refractivity contribution in [2.75, 3.05) is 24.1 Å². The molecule has 0 atom stereocenters. The third-order valence-corrected chi connectivity index (χ3v) is 4.28. The zero-order chi connectivity index (χ0) is 14.7. The average Bonchev–Trinajstić information content (AvgIpc) is 2.92. The standard InChI is InChI=1S/C15H18N4OS/c16-15-19-11(9-21-15)6-8-18-14(20)12-5-1-3-10-4-2-7-17-13(10)12/h1,3,5,9,17H,2,4,6-8H2,(H2,16,19)(H,18,20). The van der Waals surface area contributed by atoms with Crippen LogP contribution in [-0.2, 0) is 12.8 Å². The first kappa shape index (κ1) is 13.9. The fourth-order valence-electron chi connectivity index (χ4n) is 2.54. The van der Waals surface area contributed by atoms with Crippen LogP contribution in [0.2, 0.25) is 0 Å². The Morgan fingerprint density at radius 2 is 2.38 bits per heavy atom. The Kier molecular flexibility index (Phi) is 4.06. The Morgan fingerprint density at radius 3 is 3.19 bits per heavy atom. The van der Waals surface area contributed by atoms with Crippen molar-refractivity contribution in [2.24, 2.45) is 0 Å². The monoisotopic (exact) mass is 302 g/mol. The molecule has 0 unspecified atom stereocenters. The highest BCUT2D eigenvalue weighted by Gasteiger charge is 2.16. The molecule has 0 radical (unpaired) electrons.